The summed E-state index contributed by atoms with van der Waals surface area (Å²) in [6.07, 6.45) is 2.24. The Morgan fingerprint density at radius 3 is 2.37 bits per heavy atom. The van der Waals surface area contributed by atoms with E-state index in [1.807, 2.05) is 26.0 Å². The molecule has 0 aliphatic heterocycles. The average Bonchev–Trinajstić information content (AvgIpc) is 2.87. The maximum Gasteiger partial charge on any atom is 0.261 e. The molecule has 0 spiro atoms. The standard InChI is InChI=1S/C26H32N4O5/c1-17(2)29(3)25(32)19-10-8-18(9-11-19)15-27-24(31)7-6-12-30-16-28-21-14-23(35-5)22(34-4)13-20(21)26(30)33/h8-11,13-14,16-17H,6-7,12,15H2,1-5H3,(H,27,31). The number of methoxy groups -OCH3 is 2. The van der Waals surface area contributed by atoms with Crippen LogP contribution in [-0.2, 0) is 17.9 Å². The zero-order valence-corrected chi connectivity index (χ0v) is 20.8. The molecule has 0 aliphatic rings. The SMILES string of the molecule is COc1cc2ncn(CCCC(=O)NCc3ccc(C(=O)N(C)C(C)C)cc3)c(=O)c2cc1OC. The van der Waals surface area contributed by atoms with E-state index in [9.17, 15) is 14.4 Å². The summed E-state index contributed by atoms with van der Waals surface area (Å²) < 4.78 is 12.0. The monoisotopic (exact) mass is 480 g/mol. The van der Waals surface area contributed by atoms with Crippen LogP contribution in [0.5, 0.6) is 11.5 Å². The van der Waals surface area contributed by atoms with Crippen LogP contribution < -0.4 is 20.3 Å². The fourth-order valence-corrected chi connectivity index (χ4v) is 3.55. The molecule has 3 rings (SSSR count). The van der Waals surface area contributed by atoms with Crippen molar-refractivity contribution in [2.24, 2.45) is 0 Å². The number of benzene rings is 2. The number of nitrogens with one attached hydrogen (secondary N) is 1. The summed E-state index contributed by atoms with van der Waals surface area (Å²) in [5, 5.41) is 3.31. The van der Waals surface area contributed by atoms with Gasteiger partial charge in [0.2, 0.25) is 5.91 Å². The third-order valence-corrected chi connectivity index (χ3v) is 5.92. The highest BCUT2D eigenvalue weighted by atomic mass is 16.5. The molecule has 0 aliphatic carbocycles. The van der Waals surface area contributed by atoms with Crippen molar-refractivity contribution in [3.8, 4) is 11.5 Å². The van der Waals surface area contributed by atoms with Crippen molar-refractivity contribution in [2.75, 3.05) is 21.3 Å². The van der Waals surface area contributed by atoms with E-state index in [1.165, 1.54) is 25.1 Å². The number of carbonyl (C=O) groups excluding carboxylic acids is 2. The molecule has 1 heterocycles. The number of hydrogen-bond acceptors (Lipinski definition) is 6. The number of hydrogen-bond donors (Lipinski definition) is 1. The number of aromatic nitrogens is 2. The molecule has 0 saturated heterocycles. The van der Waals surface area contributed by atoms with Gasteiger partial charge in [0, 0.05) is 44.2 Å². The number of ether oxygens (including phenoxy) is 2. The fraction of sp³-hybridized carbons (Fsp3) is 0.385. The molecule has 9 nitrogen and oxygen atoms in total. The quantitative estimate of drug-likeness (QED) is 0.479. The molecule has 1 aromatic heterocycles. The second-order valence-corrected chi connectivity index (χ2v) is 8.55. The lowest BCUT2D eigenvalue weighted by molar-refractivity contribution is -0.121. The molecular weight excluding hydrogens is 448 g/mol. The predicted octanol–water partition coefficient (Wildman–Crippen LogP) is 2.99. The average molecular weight is 481 g/mol. The second-order valence-electron chi connectivity index (χ2n) is 8.55. The molecule has 0 radical (unpaired) electrons. The Labute approximate surface area is 204 Å². The predicted molar refractivity (Wildman–Crippen MR) is 134 cm³/mol. The topological polar surface area (TPSA) is 103 Å². The number of amides is 2. The van der Waals surface area contributed by atoms with Gasteiger partial charge in [-0.1, -0.05) is 12.1 Å². The van der Waals surface area contributed by atoms with E-state index >= 15 is 0 Å². The van der Waals surface area contributed by atoms with Crippen molar-refractivity contribution < 1.29 is 19.1 Å². The molecule has 0 saturated carbocycles. The van der Waals surface area contributed by atoms with Crippen molar-refractivity contribution in [3.05, 3.63) is 64.2 Å². The van der Waals surface area contributed by atoms with Crippen molar-refractivity contribution >= 4 is 22.7 Å². The molecule has 35 heavy (non-hydrogen) atoms. The van der Waals surface area contributed by atoms with Gasteiger partial charge in [0.1, 0.15) is 0 Å². The van der Waals surface area contributed by atoms with Crippen molar-refractivity contribution in [2.45, 2.75) is 45.8 Å². The maximum absolute atomic E-state index is 12.8. The highest BCUT2D eigenvalue weighted by Gasteiger charge is 2.14. The van der Waals surface area contributed by atoms with E-state index < -0.39 is 0 Å². The minimum Gasteiger partial charge on any atom is -0.493 e. The van der Waals surface area contributed by atoms with Gasteiger partial charge in [0.15, 0.2) is 11.5 Å². The summed E-state index contributed by atoms with van der Waals surface area (Å²) in [6, 6.07) is 10.6. The van der Waals surface area contributed by atoms with E-state index in [2.05, 4.69) is 10.3 Å². The maximum atomic E-state index is 12.8. The van der Waals surface area contributed by atoms with Gasteiger partial charge in [-0.05, 0) is 44.0 Å². The van der Waals surface area contributed by atoms with Crippen molar-refractivity contribution in [3.63, 3.8) is 0 Å². The first-order chi connectivity index (χ1) is 16.7. The van der Waals surface area contributed by atoms with Crippen LogP contribution in [0.25, 0.3) is 10.9 Å². The summed E-state index contributed by atoms with van der Waals surface area (Å²) in [7, 11) is 4.81. The highest BCUT2D eigenvalue weighted by Crippen LogP contribution is 2.29. The van der Waals surface area contributed by atoms with Crippen LogP contribution in [-0.4, -0.2) is 53.6 Å². The van der Waals surface area contributed by atoms with E-state index in [1.54, 1.807) is 36.2 Å². The zero-order valence-electron chi connectivity index (χ0n) is 20.8. The lowest BCUT2D eigenvalue weighted by Gasteiger charge is -2.21. The van der Waals surface area contributed by atoms with Crippen molar-refractivity contribution in [1.82, 2.24) is 19.8 Å². The van der Waals surface area contributed by atoms with Crippen LogP contribution in [0, 0.1) is 0 Å². The van der Waals surface area contributed by atoms with Crippen LogP contribution in [0.3, 0.4) is 0 Å². The highest BCUT2D eigenvalue weighted by molar-refractivity contribution is 5.94. The Morgan fingerprint density at radius 1 is 1.09 bits per heavy atom. The Bertz CT molecular complexity index is 1250. The lowest BCUT2D eigenvalue weighted by atomic mass is 10.1. The molecule has 0 fully saturated rings. The molecular formula is C26H32N4O5. The molecule has 2 amide bonds. The minimum atomic E-state index is -0.200. The first-order valence-corrected chi connectivity index (χ1v) is 11.5. The van der Waals surface area contributed by atoms with Crippen LogP contribution in [0.2, 0.25) is 0 Å². The van der Waals surface area contributed by atoms with Gasteiger partial charge in [-0.3, -0.25) is 19.0 Å². The van der Waals surface area contributed by atoms with Crippen LogP contribution >= 0.6 is 0 Å². The van der Waals surface area contributed by atoms with E-state index in [4.69, 9.17) is 9.47 Å². The molecule has 0 unspecified atom stereocenters. The van der Waals surface area contributed by atoms with E-state index in [-0.39, 0.29) is 29.8 Å². The third-order valence-electron chi connectivity index (χ3n) is 5.92. The van der Waals surface area contributed by atoms with Gasteiger partial charge >= 0.3 is 0 Å². The number of nitrogens with zero attached hydrogens (tertiary/aromatic N) is 3. The normalized spacial score (nSPS) is 10.9. The smallest absolute Gasteiger partial charge is 0.261 e. The number of carbonyl (C=O) groups is 2. The number of aryl methyl sites for hydroxylation is 1. The fourth-order valence-electron chi connectivity index (χ4n) is 3.55. The summed E-state index contributed by atoms with van der Waals surface area (Å²) in [4.78, 5) is 43.5. The Kier molecular flexibility index (Phi) is 8.46. The van der Waals surface area contributed by atoms with Gasteiger partial charge in [-0.25, -0.2) is 4.98 Å². The molecule has 9 heteroatoms. The molecule has 1 N–H and O–H groups in total. The van der Waals surface area contributed by atoms with Gasteiger partial charge in [-0.15, -0.1) is 0 Å². The molecule has 3 aromatic rings. The van der Waals surface area contributed by atoms with Crippen LogP contribution in [0.4, 0.5) is 0 Å². The summed E-state index contributed by atoms with van der Waals surface area (Å²) in [5.41, 5.74) is 1.84. The Hall–Kier alpha value is -3.88. The first kappa shape index (κ1) is 25.7. The van der Waals surface area contributed by atoms with Crippen molar-refractivity contribution in [1.29, 1.82) is 0 Å². The van der Waals surface area contributed by atoms with Crippen LogP contribution in [0.1, 0.15) is 42.6 Å². The van der Waals surface area contributed by atoms with E-state index in [0.29, 0.717) is 47.5 Å². The molecule has 0 atom stereocenters. The Morgan fingerprint density at radius 2 is 1.74 bits per heavy atom. The van der Waals surface area contributed by atoms with Gasteiger partial charge in [-0.2, -0.15) is 0 Å². The van der Waals surface area contributed by atoms with Gasteiger partial charge in [0.25, 0.3) is 11.5 Å². The largest absolute Gasteiger partial charge is 0.493 e. The first-order valence-electron chi connectivity index (χ1n) is 11.5. The van der Waals surface area contributed by atoms with E-state index in [0.717, 1.165) is 5.56 Å². The third kappa shape index (κ3) is 6.17. The van der Waals surface area contributed by atoms with Crippen LogP contribution in [0.15, 0.2) is 47.5 Å². The van der Waals surface area contributed by atoms with Gasteiger partial charge < -0.3 is 19.7 Å². The molecule has 2 aromatic carbocycles. The van der Waals surface area contributed by atoms with Gasteiger partial charge in [0.05, 0.1) is 31.4 Å². The Balaban J connectivity index is 1.53. The molecule has 186 valence electrons. The number of rotatable bonds is 10. The summed E-state index contributed by atoms with van der Waals surface area (Å²) in [5.74, 6) is 0.815. The molecule has 0 bridgehead atoms. The second kappa shape index (κ2) is 11.5. The minimum absolute atomic E-state index is 0.0356. The summed E-state index contributed by atoms with van der Waals surface area (Å²) >= 11 is 0. The zero-order chi connectivity index (χ0) is 25.5. The number of fused-ring (bicyclic) bond motifs is 1. The lowest BCUT2D eigenvalue weighted by Crippen LogP contribution is -2.32. The summed E-state index contributed by atoms with van der Waals surface area (Å²) in [6.45, 7) is 4.66.